The number of nitrogens with one attached hydrogen (secondary N) is 2. The third-order valence-electron chi connectivity index (χ3n) is 4.50. The molecular weight excluding hydrogens is 483 g/mol. The van der Waals surface area contributed by atoms with Crippen LogP contribution < -0.4 is 10.6 Å². The van der Waals surface area contributed by atoms with Gasteiger partial charge in [0, 0.05) is 31.5 Å². The zero-order chi connectivity index (χ0) is 20.6. The van der Waals surface area contributed by atoms with Gasteiger partial charge in [0.2, 0.25) is 0 Å². The molecule has 1 rings (SSSR count). The topological polar surface area (TPSA) is 88.8 Å². The highest BCUT2D eigenvalue weighted by atomic mass is 127. The van der Waals surface area contributed by atoms with Crippen LogP contribution in [0.3, 0.4) is 0 Å². The fraction of sp³-hybridized carbons (Fsp3) is 0.762. The molecule has 0 aliphatic heterocycles. The highest BCUT2D eigenvalue weighted by molar-refractivity contribution is 14.0. The Kier molecular flexibility index (Phi) is 16.7. The van der Waals surface area contributed by atoms with Crippen LogP contribution >= 0.6 is 24.0 Å². The summed E-state index contributed by atoms with van der Waals surface area (Å²) >= 11 is 0. The summed E-state index contributed by atoms with van der Waals surface area (Å²) in [6, 6.07) is 0. The van der Waals surface area contributed by atoms with E-state index in [1.165, 1.54) is 0 Å². The number of nitrogens with zero attached hydrogens (tertiary/aromatic N) is 2. The van der Waals surface area contributed by atoms with Gasteiger partial charge in [-0.15, -0.1) is 24.0 Å². The summed E-state index contributed by atoms with van der Waals surface area (Å²) in [5, 5.41) is 10.8. The number of rotatable bonds is 14. The average Bonchev–Trinajstić information content (AvgIpc) is 3.10. The molecule has 0 atom stereocenters. The normalized spacial score (nSPS) is 11.1. The Bertz CT molecular complexity index is 569. The van der Waals surface area contributed by atoms with Gasteiger partial charge < -0.3 is 19.9 Å². The van der Waals surface area contributed by atoms with Gasteiger partial charge in [0.25, 0.3) is 0 Å². The molecule has 8 heteroatoms. The van der Waals surface area contributed by atoms with E-state index in [1.54, 1.807) is 0 Å². The van der Waals surface area contributed by atoms with E-state index in [0.29, 0.717) is 19.6 Å². The van der Waals surface area contributed by atoms with Crippen LogP contribution in [0.4, 0.5) is 0 Å². The van der Waals surface area contributed by atoms with Crippen molar-refractivity contribution in [2.45, 2.75) is 85.6 Å². The molecule has 0 saturated heterocycles. The molecule has 0 amide bonds. The molecule has 29 heavy (non-hydrogen) atoms. The maximum atomic E-state index is 11.3. The lowest BCUT2D eigenvalue weighted by Gasteiger charge is -2.11. The number of guanidine groups is 1. The molecule has 0 fully saturated rings. The van der Waals surface area contributed by atoms with Crippen molar-refractivity contribution in [2.24, 2.45) is 4.99 Å². The van der Waals surface area contributed by atoms with E-state index in [-0.39, 0.29) is 29.9 Å². The molecule has 0 aliphatic rings. The second kappa shape index (κ2) is 17.5. The lowest BCUT2D eigenvalue weighted by atomic mass is 10.1. The highest BCUT2D eigenvalue weighted by Crippen LogP contribution is 2.16. The van der Waals surface area contributed by atoms with E-state index >= 15 is 0 Å². The van der Waals surface area contributed by atoms with Gasteiger partial charge in [-0.05, 0) is 33.1 Å². The zero-order valence-electron chi connectivity index (χ0n) is 18.5. The first-order chi connectivity index (χ1) is 13.7. The molecule has 2 N–H and O–H groups in total. The molecule has 0 spiro atoms. The summed E-state index contributed by atoms with van der Waals surface area (Å²) < 4.78 is 10.3. The Morgan fingerprint density at radius 1 is 1.03 bits per heavy atom. The van der Waals surface area contributed by atoms with Crippen LogP contribution in [0.1, 0.15) is 83.2 Å². The van der Waals surface area contributed by atoms with E-state index < -0.39 is 0 Å². The number of esters is 1. The SMILES string of the molecule is CCNC(=NCc1c(CC)noc1CC)NCCCCCCCC(=O)OCC.I. The number of aryl methyl sites for hydroxylation is 2. The summed E-state index contributed by atoms with van der Waals surface area (Å²) in [6.07, 6.45) is 7.56. The van der Waals surface area contributed by atoms with E-state index in [9.17, 15) is 4.79 Å². The van der Waals surface area contributed by atoms with Crippen LogP contribution in [0.25, 0.3) is 0 Å². The summed E-state index contributed by atoms with van der Waals surface area (Å²) in [7, 11) is 0. The number of hydrogen-bond donors (Lipinski definition) is 2. The minimum Gasteiger partial charge on any atom is -0.466 e. The van der Waals surface area contributed by atoms with Gasteiger partial charge in [0.15, 0.2) is 5.96 Å². The number of halogens is 1. The minimum absolute atomic E-state index is 0. The van der Waals surface area contributed by atoms with Crippen LogP contribution in [-0.2, 0) is 28.9 Å². The molecule has 1 aromatic heterocycles. The van der Waals surface area contributed by atoms with Crippen molar-refractivity contribution >= 4 is 35.9 Å². The Morgan fingerprint density at radius 2 is 1.76 bits per heavy atom. The standard InChI is InChI=1S/C21H38N4O3.HI/c1-5-18-17(19(6-2)28-25-18)16-24-21(22-7-3)23-15-13-11-9-10-12-14-20(26)27-8-4;/h5-16H2,1-4H3,(H2,22,23,24);1H. The largest absolute Gasteiger partial charge is 0.466 e. The van der Waals surface area contributed by atoms with Gasteiger partial charge in [-0.1, -0.05) is 38.3 Å². The molecule has 1 aromatic rings. The Balaban J connectivity index is 0.00000784. The molecule has 0 radical (unpaired) electrons. The first kappa shape index (κ1) is 27.7. The quantitative estimate of drug-likeness (QED) is 0.124. The number of carbonyl (C=O) groups is 1. The second-order valence-corrected chi connectivity index (χ2v) is 6.68. The monoisotopic (exact) mass is 522 g/mol. The van der Waals surface area contributed by atoms with E-state index in [0.717, 1.165) is 81.0 Å². The van der Waals surface area contributed by atoms with Gasteiger partial charge in [-0.25, -0.2) is 4.99 Å². The average molecular weight is 522 g/mol. The maximum absolute atomic E-state index is 11.3. The van der Waals surface area contributed by atoms with Crippen molar-refractivity contribution in [3.63, 3.8) is 0 Å². The van der Waals surface area contributed by atoms with Gasteiger partial charge in [-0.3, -0.25) is 4.79 Å². The summed E-state index contributed by atoms with van der Waals surface area (Å²) in [5.41, 5.74) is 2.11. The van der Waals surface area contributed by atoms with Crippen molar-refractivity contribution in [1.82, 2.24) is 15.8 Å². The second-order valence-electron chi connectivity index (χ2n) is 6.68. The number of ether oxygens (including phenoxy) is 1. The molecule has 0 unspecified atom stereocenters. The number of unbranched alkanes of at least 4 members (excludes halogenated alkanes) is 4. The Hall–Kier alpha value is -1.32. The maximum Gasteiger partial charge on any atom is 0.305 e. The van der Waals surface area contributed by atoms with E-state index in [1.807, 2.05) is 6.92 Å². The van der Waals surface area contributed by atoms with Crippen LogP contribution in [-0.4, -0.2) is 36.8 Å². The Morgan fingerprint density at radius 3 is 2.41 bits per heavy atom. The molecule has 0 aliphatic carbocycles. The predicted octanol–water partition coefficient (Wildman–Crippen LogP) is 4.38. The third kappa shape index (κ3) is 11.4. The molecule has 0 saturated carbocycles. The van der Waals surface area contributed by atoms with Crippen molar-refractivity contribution < 1.29 is 14.1 Å². The summed E-state index contributed by atoms with van der Waals surface area (Å²) in [6.45, 7) is 10.8. The highest BCUT2D eigenvalue weighted by Gasteiger charge is 2.13. The van der Waals surface area contributed by atoms with Gasteiger partial charge in [-0.2, -0.15) is 0 Å². The first-order valence-electron chi connectivity index (χ1n) is 10.8. The number of carbonyl (C=O) groups excluding carboxylic acids is 1. The fourth-order valence-corrected chi connectivity index (χ4v) is 2.98. The number of aromatic nitrogens is 1. The van der Waals surface area contributed by atoms with Crippen LogP contribution in [0.2, 0.25) is 0 Å². The zero-order valence-corrected chi connectivity index (χ0v) is 20.8. The first-order valence-corrected chi connectivity index (χ1v) is 10.8. The van der Waals surface area contributed by atoms with Crippen molar-refractivity contribution in [3.05, 3.63) is 17.0 Å². The van der Waals surface area contributed by atoms with Gasteiger partial charge in [0.05, 0.1) is 18.8 Å². The number of aliphatic imine (C=N–C) groups is 1. The van der Waals surface area contributed by atoms with E-state index in [4.69, 9.17) is 14.3 Å². The third-order valence-corrected chi connectivity index (χ3v) is 4.50. The summed E-state index contributed by atoms with van der Waals surface area (Å²) in [4.78, 5) is 16.0. The minimum atomic E-state index is -0.0825. The van der Waals surface area contributed by atoms with Crippen LogP contribution in [0.15, 0.2) is 9.52 Å². The lowest BCUT2D eigenvalue weighted by Crippen LogP contribution is -2.37. The van der Waals surface area contributed by atoms with Crippen LogP contribution in [0, 0.1) is 0 Å². The Labute approximate surface area is 192 Å². The van der Waals surface area contributed by atoms with Crippen molar-refractivity contribution in [3.8, 4) is 0 Å². The fourth-order valence-electron chi connectivity index (χ4n) is 2.98. The molecule has 0 bridgehead atoms. The molecule has 1 heterocycles. The van der Waals surface area contributed by atoms with Crippen molar-refractivity contribution in [1.29, 1.82) is 0 Å². The number of hydrogen-bond acceptors (Lipinski definition) is 5. The van der Waals surface area contributed by atoms with Crippen LogP contribution in [0.5, 0.6) is 0 Å². The smallest absolute Gasteiger partial charge is 0.305 e. The molecule has 168 valence electrons. The molecule has 0 aromatic carbocycles. The van der Waals surface area contributed by atoms with Crippen molar-refractivity contribution in [2.75, 3.05) is 19.7 Å². The predicted molar refractivity (Wildman–Crippen MR) is 128 cm³/mol. The van der Waals surface area contributed by atoms with Gasteiger partial charge >= 0.3 is 5.97 Å². The summed E-state index contributed by atoms with van der Waals surface area (Å²) in [5.74, 6) is 1.68. The molecule has 7 nitrogen and oxygen atoms in total. The lowest BCUT2D eigenvalue weighted by molar-refractivity contribution is -0.143. The van der Waals surface area contributed by atoms with Gasteiger partial charge in [0.1, 0.15) is 5.76 Å². The molecular formula is C21H39IN4O3. The van der Waals surface area contributed by atoms with E-state index in [2.05, 4.69) is 36.6 Å².